The predicted molar refractivity (Wildman–Crippen MR) is 68.8 cm³/mol. The second-order valence-electron chi connectivity index (χ2n) is 4.67. The molecule has 0 heterocycles. The smallest absolute Gasteiger partial charge is 0.227 e. The molecule has 0 aliphatic carbocycles. The Morgan fingerprint density at radius 3 is 2.59 bits per heavy atom. The first-order chi connectivity index (χ1) is 7.83. The Bertz CT molecular complexity index is 277. The Kier molecular flexibility index (Phi) is 6.57. The molecule has 1 atom stereocenters. The van der Waals surface area contributed by atoms with Gasteiger partial charge in [0.1, 0.15) is 0 Å². The van der Waals surface area contributed by atoms with Gasteiger partial charge < -0.3 is 21.1 Å². The van der Waals surface area contributed by atoms with E-state index >= 15 is 0 Å². The summed E-state index contributed by atoms with van der Waals surface area (Å²) in [6, 6.07) is 0.0897. The maximum Gasteiger partial charge on any atom is 0.227 e. The van der Waals surface area contributed by atoms with Crippen LogP contribution in [0, 0.1) is 5.41 Å². The van der Waals surface area contributed by atoms with Crippen molar-refractivity contribution >= 4 is 11.9 Å². The molecule has 0 aromatic heterocycles. The molecule has 0 aliphatic rings. The molecule has 0 saturated heterocycles. The van der Waals surface area contributed by atoms with Crippen molar-refractivity contribution in [1.29, 1.82) is 0 Å². The summed E-state index contributed by atoms with van der Waals surface area (Å²) in [6.45, 7) is 6.47. The molecular formula is C11H24N4O2. The zero-order valence-corrected chi connectivity index (χ0v) is 11.3. The second-order valence-corrected chi connectivity index (χ2v) is 4.67. The topological polar surface area (TPSA) is 88.7 Å². The number of nitrogens with zero attached hydrogens (tertiary/aromatic N) is 1. The molecule has 0 aromatic carbocycles. The Labute approximate surface area is 103 Å². The molecule has 17 heavy (non-hydrogen) atoms. The van der Waals surface area contributed by atoms with Gasteiger partial charge in [-0.25, -0.2) is 0 Å². The number of carbonyl (C=O) groups is 1. The van der Waals surface area contributed by atoms with E-state index in [-0.39, 0.29) is 11.9 Å². The highest BCUT2D eigenvalue weighted by molar-refractivity contribution is 5.83. The van der Waals surface area contributed by atoms with Crippen LogP contribution in [0.5, 0.6) is 0 Å². The third-order valence-electron chi connectivity index (χ3n) is 2.30. The number of amides is 1. The molecule has 4 N–H and O–H groups in total. The molecule has 0 radical (unpaired) electrons. The first-order valence-electron chi connectivity index (χ1n) is 5.61. The Hall–Kier alpha value is -1.30. The maximum absolute atomic E-state index is 11.5. The van der Waals surface area contributed by atoms with Gasteiger partial charge in [-0.3, -0.25) is 9.79 Å². The summed E-state index contributed by atoms with van der Waals surface area (Å²) in [7, 11) is 3.23. The van der Waals surface area contributed by atoms with Crippen LogP contribution in [0.1, 0.15) is 20.8 Å². The summed E-state index contributed by atoms with van der Waals surface area (Å²) in [5.74, 6) is 0.269. The van der Waals surface area contributed by atoms with Crippen molar-refractivity contribution < 1.29 is 9.53 Å². The van der Waals surface area contributed by atoms with Crippen molar-refractivity contribution in [3.05, 3.63) is 0 Å². The third-order valence-corrected chi connectivity index (χ3v) is 2.30. The lowest BCUT2D eigenvalue weighted by molar-refractivity contribution is -0.128. The van der Waals surface area contributed by atoms with Crippen LogP contribution in [-0.2, 0) is 9.53 Å². The Morgan fingerprint density at radius 1 is 1.53 bits per heavy atom. The van der Waals surface area contributed by atoms with Crippen LogP contribution in [0.15, 0.2) is 4.99 Å². The van der Waals surface area contributed by atoms with Gasteiger partial charge >= 0.3 is 0 Å². The van der Waals surface area contributed by atoms with Crippen molar-refractivity contribution in [2.24, 2.45) is 16.1 Å². The average molecular weight is 244 g/mol. The fourth-order valence-electron chi connectivity index (χ4n) is 1.28. The van der Waals surface area contributed by atoms with Gasteiger partial charge in [0.15, 0.2) is 5.96 Å². The van der Waals surface area contributed by atoms with Gasteiger partial charge in [-0.2, -0.15) is 0 Å². The zero-order valence-electron chi connectivity index (χ0n) is 11.3. The van der Waals surface area contributed by atoms with E-state index in [2.05, 4.69) is 15.6 Å². The number of hydrogen-bond acceptors (Lipinski definition) is 3. The highest BCUT2D eigenvalue weighted by Crippen LogP contribution is 2.14. The van der Waals surface area contributed by atoms with Crippen LogP contribution in [0.25, 0.3) is 0 Å². The summed E-state index contributed by atoms with van der Waals surface area (Å²) in [5, 5.41) is 5.58. The highest BCUT2D eigenvalue weighted by Gasteiger charge is 2.26. The van der Waals surface area contributed by atoms with E-state index in [0.717, 1.165) is 0 Å². The van der Waals surface area contributed by atoms with Crippen molar-refractivity contribution in [3.8, 4) is 0 Å². The number of methoxy groups -OCH3 is 1. The van der Waals surface area contributed by atoms with Crippen LogP contribution in [0.4, 0.5) is 0 Å². The number of nitrogens with one attached hydrogen (secondary N) is 2. The SMILES string of the molecule is CNC(=O)C(C)(C)CN=C(N)NC(C)COC. The normalized spacial score (nSPS) is 14.3. The highest BCUT2D eigenvalue weighted by atomic mass is 16.5. The lowest BCUT2D eigenvalue weighted by Crippen LogP contribution is -2.42. The molecule has 0 aliphatic heterocycles. The number of guanidine groups is 1. The number of carbonyl (C=O) groups excluding carboxylic acids is 1. The van der Waals surface area contributed by atoms with Gasteiger partial charge in [-0.1, -0.05) is 0 Å². The minimum Gasteiger partial charge on any atom is -0.383 e. The first-order valence-corrected chi connectivity index (χ1v) is 5.61. The van der Waals surface area contributed by atoms with E-state index in [1.165, 1.54) is 0 Å². The maximum atomic E-state index is 11.5. The quantitative estimate of drug-likeness (QED) is 0.442. The van der Waals surface area contributed by atoms with Crippen LogP contribution in [0.3, 0.4) is 0 Å². The first kappa shape index (κ1) is 15.7. The molecule has 0 saturated carbocycles. The van der Waals surface area contributed by atoms with Gasteiger partial charge in [-0.15, -0.1) is 0 Å². The number of ether oxygens (including phenoxy) is 1. The van der Waals surface area contributed by atoms with Crippen molar-refractivity contribution in [2.75, 3.05) is 27.3 Å². The molecule has 1 amide bonds. The van der Waals surface area contributed by atoms with Crippen LogP contribution in [0.2, 0.25) is 0 Å². The molecule has 6 nitrogen and oxygen atoms in total. The van der Waals surface area contributed by atoms with E-state index in [4.69, 9.17) is 10.5 Å². The fraction of sp³-hybridized carbons (Fsp3) is 0.818. The summed E-state index contributed by atoms with van der Waals surface area (Å²) in [5.41, 5.74) is 5.14. The Morgan fingerprint density at radius 2 is 2.12 bits per heavy atom. The van der Waals surface area contributed by atoms with Gasteiger partial charge in [0, 0.05) is 20.2 Å². The molecule has 0 bridgehead atoms. The van der Waals surface area contributed by atoms with Gasteiger partial charge in [0.25, 0.3) is 0 Å². The fourth-order valence-corrected chi connectivity index (χ4v) is 1.28. The summed E-state index contributed by atoms with van der Waals surface area (Å²) in [4.78, 5) is 15.7. The summed E-state index contributed by atoms with van der Waals surface area (Å²) < 4.78 is 4.97. The van der Waals surface area contributed by atoms with Crippen LogP contribution >= 0.6 is 0 Å². The molecule has 0 rings (SSSR count). The molecule has 6 heteroatoms. The summed E-state index contributed by atoms with van der Waals surface area (Å²) in [6.07, 6.45) is 0. The van der Waals surface area contributed by atoms with Crippen molar-refractivity contribution in [3.63, 3.8) is 0 Å². The lowest BCUT2D eigenvalue weighted by Gasteiger charge is -2.21. The zero-order chi connectivity index (χ0) is 13.5. The van der Waals surface area contributed by atoms with E-state index in [9.17, 15) is 4.79 Å². The largest absolute Gasteiger partial charge is 0.383 e. The van der Waals surface area contributed by atoms with Crippen molar-refractivity contribution in [2.45, 2.75) is 26.8 Å². The number of nitrogens with two attached hydrogens (primary N) is 1. The summed E-state index contributed by atoms with van der Waals surface area (Å²) >= 11 is 0. The number of rotatable bonds is 6. The van der Waals surface area contributed by atoms with E-state index in [1.807, 2.05) is 20.8 Å². The molecule has 0 spiro atoms. The molecule has 1 unspecified atom stereocenters. The molecular weight excluding hydrogens is 220 g/mol. The van der Waals surface area contributed by atoms with E-state index < -0.39 is 5.41 Å². The number of aliphatic imine (C=N–C) groups is 1. The number of hydrogen-bond donors (Lipinski definition) is 3. The van der Waals surface area contributed by atoms with Crippen molar-refractivity contribution in [1.82, 2.24) is 10.6 Å². The van der Waals surface area contributed by atoms with Gasteiger partial charge in [-0.05, 0) is 20.8 Å². The van der Waals surface area contributed by atoms with Gasteiger partial charge in [0.05, 0.1) is 18.6 Å². The van der Waals surface area contributed by atoms with Crippen LogP contribution in [-0.4, -0.2) is 45.2 Å². The predicted octanol–water partition coefficient (Wildman–Crippen LogP) is -0.302. The average Bonchev–Trinajstić information content (AvgIpc) is 2.25. The van der Waals surface area contributed by atoms with Gasteiger partial charge in [0.2, 0.25) is 5.91 Å². The monoisotopic (exact) mass is 244 g/mol. The van der Waals surface area contributed by atoms with E-state index in [0.29, 0.717) is 19.1 Å². The standard InChI is InChI=1S/C11H24N4O2/c1-8(6-17-5)15-10(12)14-7-11(2,3)9(16)13-4/h8H,6-7H2,1-5H3,(H,13,16)(H3,12,14,15). The third kappa shape index (κ3) is 6.11. The van der Waals surface area contributed by atoms with E-state index in [1.54, 1.807) is 14.2 Å². The molecule has 100 valence electrons. The molecule has 0 aromatic rings. The Balaban J connectivity index is 4.27. The lowest BCUT2D eigenvalue weighted by atomic mass is 9.93. The van der Waals surface area contributed by atoms with Crippen LogP contribution < -0.4 is 16.4 Å². The second kappa shape index (κ2) is 7.11. The minimum atomic E-state index is -0.564. The minimum absolute atomic E-state index is 0.0565. The molecule has 0 fully saturated rings.